The molecule has 2 amide bonds. The summed E-state index contributed by atoms with van der Waals surface area (Å²) in [7, 11) is 1.25. The first-order valence-corrected chi connectivity index (χ1v) is 8.78. The molecule has 0 aromatic carbocycles. The largest absolute Gasteiger partial charge is 0.477 e. The van der Waals surface area contributed by atoms with Gasteiger partial charge in [0.1, 0.15) is 30.0 Å². The van der Waals surface area contributed by atoms with Crippen molar-refractivity contribution < 1.29 is 24.3 Å². The van der Waals surface area contributed by atoms with Gasteiger partial charge in [0.15, 0.2) is 5.82 Å². The van der Waals surface area contributed by atoms with Gasteiger partial charge in [-0.2, -0.15) is 0 Å². The van der Waals surface area contributed by atoms with E-state index in [2.05, 4.69) is 25.3 Å². The summed E-state index contributed by atoms with van der Waals surface area (Å²) in [4.78, 5) is 50.2. The van der Waals surface area contributed by atoms with Crippen molar-refractivity contribution in [3.63, 3.8) is 0 Å². The molecule has 3 heterocycles. The van der Waals surface area contributed by atoms with Gasteiger partial charge in [-0.3, -0.25) is 14.5 Å². The number of fused-ring (bicyclic) bond motifs is 1. The van der Waals surface area contributed by atoms with Crippen molar-refractivity contribution in [2.75, 3.05) is 18.6 Å². The van der Waals surface area contributed by atoms with Crippen molar-refractivity contribution in [2.45, 2.75) is 18.3 Å². The lowest BCUT2D eigenvalue weighted by Gasteiger charge is -2.49. The first-order valence-electron chi connectivity index (χ1n) is 7.73. The van der Waals surface area contributed by atoms with E-state index in [1.165, 1.54) is 36.0 Å². The van der Waals surface area contributed by atoms with Crippen LogP contribution in [0.25, 0.3) is 0 Å². The Kier molecular flexibility index (Phi) is 4.99. The highest BCUT2D eigenvalue weighted by Gasteiger charge is 2.54. The van der Waals surface area contributed by atoms with Crippen LogP contribution in [0.2, 0.25) is 0 Å². The van der Waals surface area contributed by atoms with Gasteiger partial charge >= 0.3 is 5.97 Å². The fourth-order valence-electron chi connectivity index (χ4n) is 2.75. The summed E-state index contributed by atoms with van der Waals surface area (Å²) in [6.45, 7) is 1.66. The van der Waals surface area contributed by atoms with Gasteiger partial charge in [-0.15, -0.1) is 11.8 Å². The van der Waals surface area contributed by atoms with Gasteiger partial charge in [0.05, 0.1) is 0 Å². The van der Waals surface area contributed by atoms with Crippen LogP contribution in [0.3, 0.4) is 0 Å². The second-order valence-corrected chi connectivity index (χ2v) is 6.83. The second-order valence-electron chi connectivity index (χ2n) is 5.72. The fourth-order valence-corrected chi connectivity index (χ4v) is 4.04. The summed E-state index contributed by atoms with van der Waals surface area (Å²) in [6.07, 6.45) is 1.36. The van der Waals surface area contributed by atoms with E-state index in [4.69, 9.17) is 5.73 Å². The number of carboxylic acids is 1. The van der Waals surface area contributed by atoms with Crippen LogP contribution in [0.4, 0.5) is 5.82 Å². The highest BCUT2D eigenvalue weighted by atomic mass is 32.2. The zero-order valence-corrected chi connectivity index (χ0v) is 15.2. The summed E-state index contributed by atoms with van der Waals surface area (Å²) >= 11 is 1.37. The van der Waals surface area contributed by atoms with Crippen molar-refractivity contribution in [1.82, 2.24) is 20.2 Å². The number of nitrogens with one attached hydrogen (secondary N) is 1. The number of rotatable bonds is 5. The number of nitrogens with zero attached hydrogens (tertiary/aromatic N) is 4. The monoisotopic (exact) mass is 392 g/mol. The third-order valence-electron chi connectivity index (χ3n) is 3.93. The van der Waals surface area contributed by atoms with E-state index in [1.807, 2.05) is 0 Å². The molecule has 0 radical (unpaired) electrons. The van der Waals surface area contributed by atoms with E-state index in [0.717, 1.165) is 0 Å². The van der Waals surface area contributed by atoms with E-state index < -0.39 is 29.2 Å². The Labute approximate surface area is 157 Å². The molecule has 2 aliphatic heterocycles. The molecule has 142 valence electrons. The maximum atomic E-state index is 12.6. The van der Waals surface area contributed by atoms with Crippen molar-refractivity contribution >= 4 is 41.1 Å². The van der Waals surface area contributed by atoms with Gasteiger partial charge in [-0.25, -0.2) is 14.8 Å². The topological polar surface area (TPSA) is 160 Å². The summed E-state index contributed by atoms with van der Waals surface area (Å²) in [5.41, 5.74) is 5.90. The van der Waals surface area contributed by atoms with Gasteiger partial charge in [0.2, 0.25) is 5.71 Å². The molecule has 3 rings (SSSR count). The predicted molar refractivity (Wildman–Crippen MR) is 95.3 cm³/mol. The Hall–Kier alpha value is -3.15. The SMILES string of the molecule is CON=C(C(=O)NC1C(=O)N2C(C(=O)O)=C(C)CS[C@H]12)c1nccc(N)n1. The lowest BCUT2D eigenvalue weighted by atomic mass is 10.0. The van der Waals surface area contributed by atoms with Gasteiger partial charge in [-0.05, 0) is 18.6 Å². The Balaban J connectivity index is 1.80. The highest BCUT2D eigenvalue weighted by molar-refractivity contribution is 8.00. The normalized spacial score (nSPS) is 22.1. The van der Waals surface area contributed by atoms with Crippen LogP contribution >= 0.6 is 11.8 Å². The maximum absolute atomic E-state index is 12.6. The number of carboxylic acid groups (broad SMARTS) is 1. The number of β-lactam (4-membered cyclic amide) rings is 1. The maximum Gasteiger partial charge on any atom is 0.352 e. The van der Waals surface area contributed by atoms with Crippen LogP contribution in [0, 0.1) is 0 Å². The Morgan fingerprint density at radius 2 is 2.26 bits per heavy atom. The summed E-state index contributed by atoms with van der Waals surface area (Å²) in [6, 6.07) is 0.549. The molecule has 1 aromatic rings. The van der Waals surface area contributed by atoms with Crippen LogP contribution in [-0.2, 0) is 19.2 Å². The van der Waals surface area contributed by atoms with Crippen molar-refractivity contribution in [3.05, 3.63) is 29.4 Å². The number of anilines is 1. The average Bonchev–Trinajstić information content (AvgIpc) is 2.63. The molecule has 0 bridgehead atoms. The lowest BCUT2D eigenvalue weighted by Crippen LogP contribution is -2.71. The van der Waals surface area contributed by atoms with Crippen LogP contribution in [0.1, 0.15) is 12.7 Å². The number of aliphatic carboxylic acids is 1. The summed E-state index contributed by atoms with van der Waals surface area (Å²) in [5, 5.41) is 15.0. The Morgan fingerprint density at radius 1 is 1.52 bits per heavy atom. The smallest absolute Gasteiger partial charge is 0.352 e. The molecular formula is C15H16N6O5S. The Bertz CT molecular complexity index is 885. The first kappa shape index (κ1) is 18.6. The molecule has 2 aliphatic rings. The van der Waals surface area contributed by atoms with Crippen molar-refractivity contribution in [3.8, 4) is 0 Å². The third-order valence-corrected chi connectivity index (χ3v) is 5.36. The predicted octanol–water partition coefficient (Wildman–Crippen LogP) is -0.832. The molecule has 1 unspecified atom stereocenters. The van der Waals surface area contributed by atoms with Gasteiger partial charge < -0.3 is 21.0 Å². The summed E-state index contributed by atoms with van der Waals surface area (Å²) < 4.78 is 0. The van der Waals surface area contributed by atoms with Crippen LogP contribution in [-0.4, -0.2) is 67.7 Å². The molecular weight excluding hydrogens is 376 g/mol. The quantitative estimate of drug-likeness (QED) is 0.330. The van der Waals surface area contributed by atoms with Crippen LogP contribution in [0.15, 0.2) is 28.7 Å². The minimum atomic E-state index is -1.18. The number of amides is 2. The number of hydrogen-bond donors (Lipinski definition) is 3. The van der Waals surface area contributed by atoms with E-state index in [-0.39, 0.29) is 23.1 Å². The van der Waals surface area contributed by atoms with E-state index in [1.54, 1.807) is 6.92 Å². The number of hydrogen-bond acceptors (Lipinski definition) is 9. The number of nitrogen functional groups attached to an aromatic ring is 1. The fraction of sp³-hybridized carbons (Fsp3) is 0.333. The molecule has 1 saturated heterocycles. The zero-order valence-electron chi connectivity index (χ0n) is 14.4. The van der Waals surface area contributed by atoms with Crippen LogP contribution in [0.5, 0.6) is 0 Å². The Morgan fingerprint density at radius 3 is 2.89 bits per heavy atom. The molecule has 12 heteroatoms. The van der Waals surface area contributed by atoms with Gasteiger partial charge in [0, 0.05) is 11.9 Å². The third kappa shape index (κ3) is 3.30. The molecule has 1 fully saturated rings. The second kappa shape index (κ2) is 7.23. The number of carbonyl (C=O) groups excluding carboxylic acids is 2. The van der Waals surface area contributed by atoms with E-state index >= 15 is 0 Å². The zero-order chi connectivity index (χ0) is 19.7. The minimum Gasteiger partial charge on any atom is -0.477 e. The molecule has 0 aliphatic carbocycles. The number of oxime groups is 1. The molecule has 11 nitrogen and oxygen atoms in total. The van der Waals surface area contributed by atoms with E-state index in [9.17, 15) is 19.5 Å². The van der Waals surface area contributed by atoms with Gasteiger partial charge in [-0.1, -0.05) is 5.16 Å². The standard InChI is InChI=1S/C15H16N6O5S/c1-6-5-27-14-9(13(23)21(14)10(6)15(24)25)19-12(22)8(20-26-2)11-17-4-3-7(16)18-11/h3-4,9,14H,5H2,1-2H3,(H,19,22)(H,24,25)(H2,16,17,18)/t9?,14-/m1/s1. The first-order chi connectivity index (χ1) is 12.8. The molecule has 0 spiro atoms. The van der Waals surface area contributed by atoms with Gasteiger partial charge in [0.25, 0.3) is 11.8 Å². The van der Waals surface area contributed by atoms with Crippen LogP contribution < -0.4 is 11.1 Å². The highest BCUT2D eigenvalue weighted by Crippen LogP contribution is 2.40. The molecule has 4 N–H and O–H groups in total. The lowest BCUT2D eigenvalue weighted by molar-refractivity contribution is -0.150. The minimum absolute atomic E-state index is 0.0424. The van der Waals surface area contributed by atoms with E-state index in [0.29, 0.717) is 11.3 Å². The number of aromatic nitrogens is 2. The number of thioether (sulfide) groups is 1. The number of nitrogens with two attached hydrogens (primary N) is 1. The number of carbonyl (C=O) groups is 3. The molecule has 1 aromatic heterocycles. The summed E-state index contributed by atoms with van der Waals surface area (Å²) in [5.74, 6) is -1.90. The molecule has 2 atom stereocenters. The molecule has 0 saturated carbocycles. The van der Waals surface area contributed by atoms with Crippen molar-refractivity contribution in [1.29, 1.82) is 0 Å². The average molecular weight is 392 g/mol. The van der Waals surface area contributed by atoms with Crippen molar-refractivity contribution in [2.24, 2.45) is 5.16 Å². The molecule has 27 heavy (non-hydrogen) atoms.